The fourth-order valence-electron chi connectivity index (χ4n) is 1.87. The summed E-state index contributed by atoms with van der Waals surface area (Å²) in [5, 5.41) is 11.3. The van der Waals surface area contributed by atoms with Gasteiger partial charge in [-0.2, -0.15) is 0 Å². The number of nitrogens with two attached hydrogens (primary N) is 1. The van der Waals surface area contributed by atoms with Crippen LogP contribution in [0.4, 0.5) is 0 Å². The van der Waals surface area contributed by atoms with Crippen molar-refractivity contribution in [3.05, 3.63) is 35.4 Å². The van der Waals surface area contributed by atoms with E-state index in [1.165, 1.54) is 0 Å². The summed E-state index contributed by atoms with van der Waals surface area (Å²) in [4.78, 5) is 22.1. The molecule has 5 heteroatoms. The lowest BCUT2D eigenvalue weighted by Crippen LogP contribution is -2.24. The average molecular weight is 278 g/mol. The molecule has 0 aromatic heterocycles. The zero-order chi connectivity index (χ0) is 14.8. The molecule has 0 aliphatic carbocycles. The minimum atomic E-state index is -0.772. The third-order valence-corrected chi connectivity index (χ3v) is 3.00. The van der Waals surface area contributed by atoms with Crippen LogP contribution < -0.4 is 11.1 Å². The summed E-state index contributed by atoms with van der Waals surface area (Å²) in [6.45, 7) is 1.17. The van der Waals surface area contributed by atoms with Gasteiger partial charge in [0.2, 0.25) is 0 Å². The number of hydrogen-bond donors (Lipinski definition) is 3. The SMILES string of the molecule is NCCc1ccc(C(=O)NCCCCCC(=O)O)cc1. The minimum absolute atomic E-state index is 0.0949. The van der Waals surface area contributed by atoms with Gasteiger partial charge >= 0.3 is 5.97 Å². The van der Waals surface area contributed by atoms with E-state index in [-0.39, 0.29) is 12.3 Å². The van der Waals surface area contributed by atoms with Crippen LogP contribution in [0.2, 0.25) is 0 Å². The van der Waals surface area contributed by atoms with E-state index < -0.39 is 5.97 Å². The van der Waals surface area contributed by atoms with Crippen LogP contribution in [-0.4, -0.2) is 30.1 Å². The molecule has 5 nitrogen and oxygen atoms in total. The normalized spacial score (nSPS) is 10.2. The first-order valence-electron chi connectivity index (χ1n) is 6.92. The molecule has 1 amide bonds. The number of amides is 1. The lowest BCUT2D eigenvalue weighted by molar-refractivity contribution is -0.137. The second-order valence-corrected chi connectivity index (χ2v) is 4.70. The maximum Gasteiger partial charge on any atom is 0.303 e. The molecule has 1 rings (SSSR count). The largest absolute Gasteiger partial charge is 0.481 e. The summed E-state index contributed by atoms with van der Waals surface area (Å²) >= 11 is 0. The van der Waals surface area contributed by atoms with Gasteiger partial charge in [0.1, 0.15) is 0 Å². The third-order valence-electron chi connectivity index (χ3n) is 3.00. The van der Waals surface area contributed by atoms with Crippen LogP contribution in [0.1, 0.15) is 41.6 Å². The summed E-state index contributed by atoms with van der Waals surface area (Å²) in [6, 6.07) is 7.42. The highest BCUT2D eigenvalue weighted by molar-refractivity contribution is 5.94. The molecular weight excluding hydrogens is 256 g/mol. The van der Waals surface area contributed by atoms with Crippen molar-refractivity contribution in [3.8, 4) is 0 Å². The van der Waals surface area contributed by atoms with Crippen molar-refractivity contribution in [2.45, 2.75) is 32.1 Å². The highest BCUT2D eigenvalue weighted by Gasteiger charge is 2.04. The molecule has 0 heterocycles. The molecule has 0 spiro atoms. The summed E-state index contributed by atoms with van der Waals surface area (Å²) in [5.41, 5.74) is 7.23. The first kappa shape index (κ1) is 16.2. The second kappa shape index (κ2) is 9.09. The van der Waals surface area contributed by atoms with Gasteiger partial charge in [0.15, 0.2) is 0 Å². The Kier molecular flexibility index (Phi) is 7.35. The standard InChI is InChI=1S/C15H22N2O3/c16-10-9-12-5-7-13(8-6-12)15(20)17-11-3-1-2-4-14(18)19/h5-8H,1-4,9-11,16H2,(H,17,20)(H,18,19). The fourth-order valence-corrected chi connectivity index (χ4v) is 1.87. The Hall–Kier alpha value is -1.88. The number of carboxylic acids is 1. The van der Waals surface area contributed by atoms with Gasteiger partial charge in [-0.15, -0.1) is 0 Å². The molecule has 0 fully saturated rings. The van der Waals surface area contributed by atoms with Crippen LogP contribution in [0.3, 0.4) is 0 Å². The molecule has 0 atom stereocenters. The van der Waals surface area contributed by atoms with E-state index in [1.807, 2.05) is 12.1 Å². The summed E-state index contributed by atoms with van der Waals surface area (Å²) in [6.07, 6.45) is 3.26. The Balaban J connectivity index is 2.23. The number of hydrogen-bond acceptors (Lipinski definition) is 3. The smallest absolute Gasteiger partial charge is 0.303 e. The zero-order valence-corrected chi connectivity index (χ0v) is 11.6. The number of carbonyl (C=O) groups is 2. The van der Waals surface area contributed by atoms with E-state index in [0.717, 1.165) is 24.8 Å². The van der Waals surface area contributed by atoms with Crippen LogP contribution in [-0.2, 0) is 11.2 Å². The van der Waals surface area contributed by atoms with Gasteiger partial charge in [0.05, 0.1) is 0 Å². The highest BCUT2D eigenvalue weighted by Crippen LogP contribution is 2.05. The quantitative estimate of drug-likeness (QED) is 0.598. The predicted octanol–water partition coefficient (Wildman–Crippen LogP) is 1.56. The Labute approximate surface area is 119 Å². The van der Waals surface area contributed by atoms with Gasteiger partial charge in [0, 0.05) is 18.5 Å². The van der Waals surface area contributed by atoms with Crippen molar-refractivity contribution >= 4 is 11.9 Å². The number of unbranched alkanes of at least 4 members (excludes halogenated alkanes) is 2. The topological polar surface area (TPSA) is 92.4 Å². The molecule has 0 saturated heterocycles. The highest BCUT2D eigenvalue weighted by atomic mass is 16.4. The molecule has 4 N–H and O–H groups in total. The number of benzene rings is 1. The number of carboxylic acid groups (broad SMARTS) is 1. The van der Waals surface area contributed by atoms with Crippen LogP contribution in [0, 0.1) is 0 Å². The van der Waals surface area contributed by atoms with Crippen LogP contribution >= 0.6 is 0 Å². The molecule has 1 aromatic carbocycles. The van der Waals surface area contributed by atoms with Crippen LogP contribution in [0.5, 0.6) is 0 Å². The Morgan fingerprint density at radius 1 is 1.10 bits per heavy atom. The number of rotatable bonds is 9. The molecule has 1 aromatic rings. The average Bonchev–Trinajstić information content (AvgIpc) is 2.43. The minimum Gasteiger partial charge on any atom is -0.481 e. The van der Waals surface area contributed by atoms with E-state index in [1.54, 1.807) is 12.1 Å². The molecule has 0 radical (unpaired) electrons. The summed E-state index contributed by atoms with van der Waals surface area (Å²) in [5.74, 6) is -0.867. The Morgan fingerprint density at radius 2 is 1.80 bits per heavy atom. The lowest BCUT2D eigenvalue weighted by atomic mass is 10.1. The lowest BCUT2D eigenvalue weighted by Gasteiger charge is -2.06. The molecular formula is C15H22N2O3. The maximum absolute atomic E-state index is 11.8. The molecule has 0 aliphatic heterocycles. The fraction of sp³-hybridized carbons (Fsp3) is 0.467. The Bertz CT molecular complexity index is 429. The van der Waals surface area contributed by atoms with Crippen molar-refractivity contribution in [3.63, 3.8) is 0 Å². The first-order valence-corrected chi connectivity index (χ1v) is 6.92. The van der Waals surface area contributed by atoms with Gasteiger partial charge in [0.25, 0.3) is 5.91 Å². The van der Waals surface area contributed by atoms with E-state index >= 15 is 0 Å². The van der Waals surface area contributed by atoms with Crippen molar-refractivity contribution in [1.29, 1.82) is 0 Å². The van der Waals surface area contributed by atoms with E-state index in [0.29, 0.717) is 25.1 Å². The van der Waals surface area contributed by atoms with Gasteiger partial charge in [-0.25, -0.2) is 0 Å². The van der Waals surface area contributed by atoms with Crippen molar-refractivity contribution in [2.75, 3.05) is 13.1 Å². The predicted molar refractivity (Wildman–Crippen MR) is 77.6 cm³/mol. The number of aliphatic carboxylic acids is 1. The van der Waals surface area contributed by atoms with E-state index in [2.05, 4.69) is 5.32 Å². The zero-order valence-electron chi connectivity index (χ0n) is 11.6. The molecule has 0 bridgehead atoms. The third kappa shape index (κ3) is 6.33. The number of carbonyl (C=O) groups excluding carboxylic acids is 1. The van der Waals surface area contributed by atoms with E-state index in [4.69, 9.17) is 10.8 Å². The van der Waals surface area contributed by atoms with Crippen molar-refractivity contribution in [2.24, 2.45) is 5.73 Å². The van der Waals surface area contributed by atoms with Crippen molar-refractivity contribution < 1.29 is 14.7 Å². The molecule has 20 heavy (non-hydrogen) atoms. The summed E-state index contributed by atoms with van der Waals surface area (Å²) < 4.78 is 0. The van der Waals surface area contributed by atoms with Crippen molar-refractivity contribution in [1.82, 2.24) is 5.32 Å². The molecule has 0 aliphatic rings. The van der Waals surface area contributed by atoms with Crippen LogP contribution in [0.15, 0.2) is 24.3 Å². The van der Waals surface area contributed by atoms with E-state index in [9.17, 15) is 9.59 Å². The van der Waals surface area contributed by atoms with Gasteiger partial charge in [-0.3, -0.25) is 9.59 Å². The monoisotopic (exact) mass is 278 g/mol. The Morgan fingerprint density at radius 3 is 2.40 bits per heavy atom. The maximum atomic E-state index is 11.8. The van der Waals surface area contributed by atoms with Gasteiger partial charge in [-0.1, -0.05) is 18.6 Å². The van der Waals surface area contributed by atoms with Gasteiger partial charge in [-0.05, 0) is 43.5 Å². The first-order chi connectivity index (χ1) is 9.63. The van der Waals surface area contributed by atoms with Crippen LogP contribution in [0.25, 0.3) is 0 Å². The summed E-state index contributed by atoms with van der Waals surface area (Å²) in [7, 11) is 0. The number of nitrogens with one attached hydrogen (secondary N) is 1. The van der Waals surface area contributed by atoms with Gasteiger partial charge < -0.3 is 16.2 Å². The molecule has 0 saturated carbocycles. The second-order valence-electron chi connectivity index (χ2n) is 4.70. The molecule has 0 unspecified atom stereocenters. The molecule has 110 valence electrons.